The number of hydrogen-bond donors (Lipinski definition) is 0. The van der Waals surface area contributed by atoms with Crippen molar-refractivity contribution in [3.05, 3.63) is 88.0 Å². The molecule has 5 aromatic rings. The van der Waals surface area contributed by atoms with E-state index < -0.39 is 0 Å². The van der Waals surface area contributed by atoms with Crippen molar-refractivity contribution in [3.63, 3.8) is 0 Å². The summed E-state index contributed by atoms with van der Waals surface area (Å²) in [5.74, 6) is 1.31. The molecule has 3 aromatic heterocycles. The van der Waals surface area contributed by atoms with Gasteiger partial charge in [-0.05, 0) is 49.4 Å². The van der Waals surface area contributed by atoms with E-state index in [0.717, 1.165) is 11.3 Å². The third-order valence-corrected chi connectivity index (χ3v) is 5.31. The fourth-order valence-corrected chi connectivity index (χ4v) is 3.70. The van der Waals surface area contributed by atoms with Crippen LogP contribution in [-0.2, 0) is 0 Å². The Hall–Kier alpha value is -3.84. The Kier molecular flexibility index (Phi) is 4.60. The van der Waals surface area contributed by atoms with Gasteiger partial charge in [0.2, 0.25) is 0 Å². The van der Waals surface area contributed by atoms with Gasteiger partial charge in [0, 0.05) is 0 Å². The molecular weight excluding hydrogens is 416 g/mol. The maximum atomic E-state index is 13.6. The second-order valence-corrected chi connectivity index (χ2v) is 7.41. The van der Waals surface area contributed by atoms with Gasteiger partial charge in [0.25, 0.3) is 5.56 Å². The summed E-state index contributed by atoms with van der Waals surface area (Å²) in [5, 5.41) is 5.18. The van der Waals surface area contributed by atoms with Crippen molar-refractivity contribution in [1.82, 2.24) is 19.3 Å². The van der Waals surface area contributed by atoms with Crippen LogP contribution in [0.15, 0.2) is 76.3 Å². The molecule has 0 spiro atoms. The summed E-state index contributed by atoms with van der Waals surface area (Å²) in [6, 6.07) is 16.4. The Morgan fingerprint density at radius 2 is 1.84 bits per heavy atom. The molecule has 0 aliphatic carbocycles. The minimum Gasteiger partial charge on any atom is -0.495 e. The molecule has 0 unspecified atom stereocenters. The lowest BCUT2D eigenvalue weighted by Crippen LogP contribution is -2.22. The zero-order chi connectivity index (χ0) is 21.5. The molecule has 31 heavy (non-hydrogen) atoms. The van der Waals surface area contributed by atoms with Crippen LogP contribution in [0.3, 0.4) is 0 Å². The molecule has 8 heteroatoms. The first-order valence-corrected chi connectivity index (χ1v) is 9.90. The molecule has 0 aliphatic rings. The van der Waals surface area contributed by atoms with Gasteiger partial charge in [-0.2, -0.15) is 5.10 Å². The average molecular weight is 433 g/mol. The number of aryl methyl sites for hydroxylation is 1. The standard InChI is InChI=1S/C23H17ClN4O3/c1-14-5-7-15(8-6-14)28-21-17(13-25-28)23(29)27(22(26-21)20-4-3-11-31-20)16-9-10-19(30-2)18(24)12-16/h3-13H,1-2H3. The molecule has 0 aliphatic heterocycles. The Labute approximate surface area is 182 Å². The summed E-state index contributed by atoms with van der Waals surface area (Å²) >= 11 is 6.32. The fourth-order valence-electron chi connectivity index (χ4n) is 3.45. The monoisotopic (exact) mass is 432 g/mol. The van der Waals surface area contributed by atoms with E-state index in [2.05, 4.69) is 5.10 Å². The normalized spacial score (nSPS) is 11.2. The second-order valence-electron chi connectivity index (χ2n) is 7.00. The van der Waals surface area contributed by atoms with Crippen molar-refractivity contribution in [2.45, 2.75) is 6.92 Å². The molecule has 0 saturated carbocycles. The number of benzene rings is 2. The molecule has 0 radical (unpaired) electrons. The molecule has 0 N–H and O–H groups in total. The number of aromatic nitrogens is 4. The van der Waals surface area contributed by atoms with E-state index >= 15 is 0 Å². The molecule has 0 bridgehead atoms. The van der Waals surface area contributed by atoms with Gasteiger partial charge in [-0.15, -0.1) is 0 Å². The Morgan fingerprint density at radius 3 is 2.52 bits per heavy atom. The quantitative estimate of drug-likeness (QED) is 0.407. The highest BCUT2D eigenvalue weighted by atomic mass is 35.5. The van der Waals surface area contributed by atoms with E-state index in [1.165, 1.54) is 24.1 Å². The number of furan rings is 1. The number of ether oxygens (including phenoxy) is 1. The molecule has 5 rings (SSSR count). The summed E-state index contributed by atoms with van der Waals surface area (Å²) in [6.45, 7) is 2.01. The zero-order valence-corrected chi connectivity index (χ0v) is 17.5. The van der Waals surface area contributed by atoms with E-state index in [4.69, 9.17) is 25.7 Å². The summed E-state index contributed by atoms with van der Waals surface area (Å²) < 4.78 is 13.9. The molecule has 3 heterocycles. The summed E-state index contributed by atoms with van der Waals surface area (Å²) in [5.41, 5.74) is 2.64. The van der Waals surface area contributed by atoms with Crippen LogP contribution in [0.2, 0.25) is 5.02 Å². The van der Waals surface area contributed by atoms with Crippen LogP contribution in [0, 0.1) is 6.92 Å². The third kappa shape index (κ3) is 3.19. The van der Waals surface area contributed by atoms with Crippen molar-refractivity contribution in [2.75, 3.05) is 7.11 Å². The number of methoxy groups -OCH3 is 1. The lowest BCUT2D eigenvalue weighted by molar-refractivity contribution is 0.415. The molecule has 7 nitrogen and oxygen atoms in total. The number of rotatable bonds is 4. The van der Waals surface area contributed by atoms with Crippen molar-refractivity contribution < 1.29 is 9.15 Å². The third-order valence-electron chi connectivity index (χ3n) is 5.01. The molecule has 0 amide bonds. The number of hydrogen-bond acceptors (Lipinski definition) is 5. The topological polar surface area (TPSA) is 75.1 Å². The number of nitrogens with zero attached hydrogens (tertiary/aromatic N) is 4. The van der Waals surface area contributed by atoms with Gasteiger partial charge in [-0.25, -0.2) is 9.67 Å². The van der Waals surface area contributed by atoms with Gasteiger partial charge in [0.15, 0.2) is 17.2 Å². The Morgan fingerprint density at radius 1 is 1.06 bits per heavy atom. The van der Waals surface area contributed by atoms with E-state index in [-0.39, 0.29) is 5.56 Å². The maximum Gasteiger partial charge on any atom is 0.269 e. The van der Waals surface area contributed by atoms with E-state index in [1.807, 2.05) is 31.2 Å². The van der Waals surface area contributed by atoms with Crippen LogP contribution in [0.5, 0.6) is 5.75 Å². The van der Waals surface area contributed by atoms with Gasteiger partial charge in [-0.3, -0.25) is 9.36 Å². The van der Waals surface area contributed by atoms with Gasteiger partial charge in [0.1, 0.15) is 11.1 Å². The van der Waals surface area contributed by atoms with Crippen molar-refractivity contribution in [3.8, 4) is 28.7 Å². The first-order valence-electron chi connectivity index (χ1n) is 9.52. The highest BCUT2D eigenvalue weighted by Gasteiger charge is 2.20. The predicted octanol–water partition coefficient (Wildman–Crippen LogP) is 4.80. The SMILES string of the molecule is COc1ccc(-n2c(-c3ccco3)nc3c(cnn3-c3ccc(C)cc3)c2=O)cc1Cl. The lowest BCUT2D eigenvalue weighted by Gasteiger charge is -2.13. The predicted molar refractivity (Wildman–Crippen MR) is 118 cm³/mol. The van der Waals surface area contributed by atoms with Crippen LogP contribution in [0.25, 0.3) is 34.0 Å². The molecule has 154 valence electrons. The average Bonchev–Trinajstić information content (AvgIpc) is 3.44. The highest BCUT2D eigenvalue weighted by molar-refractivity contribution is 6.32. The minimum absolute atomic E-state index is 0.281. The van der Waals surface area contributed by atoms with Crippen LogP contribution in [0.4, 0.5) is 0 Å². The maximum absolute atomic E-state index is 13.6. The van der Waals surface area contributed by atoms with Crippen molar-refractivity contribution in [2.24, 2.45) is 0 Å². The number of halogens is 1. The first-order chi connectivity index (χ1) is 15.1. The fraction of sp³-hybridized carbons (Fsp3) is 0.0870. The smallest absolute Gasteiger partial charge is 0.269 e. The van der Waals surface area contributed by atoms with Crippen LogP contribution >= 0.6 is 11.6 Å². The second kappa shape index (κ2) is 7.45. The largest absolute Gasteiger partial charge is 0.495 e. The summed E-state index contributed by atoms with van der Waals surface area (Å²) in [6.07, 6.45) is 3.06. The van der Waals surface area contributed by atoms with Crippen LogP contribution in [-0.4, -0.2) is 26.4 Å². The molecule has 0 fully saturated rings. The van der Waals surface area contributed by atoms with E-state index in [1.54, 1.807) is 35.0 Å². The summed E-state index contributed by atoms with van der Waals surface area (Å²) in [4.78, 5) is 18.3. The van der Waals surface area contributed by atoms with Gasteiger partial charge in [-0.1, -0.05) is 29.3 Å². The van der Waals surface area contributed by atoms with Crippen molar-refractivity contribution in [1.29, 1.82) is 0 Å². The van der Waals surface area contributed by atoms with E-state index in [9.17, 15) is 4.79 Å². The molecule has 2 aromatic carbocycles. The van der Waals surface area contributed by atoms with Gasteiger partial charge >= 0.3 is 0 Å². The minimum atomic E-state index is -0.281. The van der Waals surface area contributed by atoms with Crippen LogP contribution < -0.4 is 10.3 Å². The highest BCUT2D eigenvalue weighted by Crippen LogP contribution is 2.29. The first kappa shape index (κ1) is 19.1. The number of fused-ring (bicyclic) bond motifs is 1. The van der Waals surface area contributed by atoms with Gasteiger partial charge < -0.3 is 9.15 Å². The Bertz CT molecular complexity index is 1450. The zero-order valence-electron chi connectivity index (χ0n) is 16.7. The van der Waals surface area contributed by atoms with Gasteiger partial charge in [0.05, 0.1) is 36.0 Å². The molecule has 0 atom stereocenters. The lowest BCUT2D eigenvalue weighted by atomic mass is 10.2. The summed E-state index contributed by atoms with van der Waals surface area (Å²) in [7, 11) is 1.54. The molecular formula is C23H17ClN4O3. The Balaban J connectivity index is 1.81. The molecule has 0 saturated heterocycles. The van der Waals surface area contributed by atoms with Crippen molar-refractivity contribution >= 4 is 22.6 Å². The van der Waals surface area contributed by atoms with Crippen LogP contribution in [0.1, 0.15) is 5.56 Å². The van der Waals surface area contributed by atoms with E-state index in [0.29, 0.717) is 39.1 Å².